The number of rotatable bonds is 2. The summed E-state index contributed by atoms with van der Waals surface area (Å²) in [5.41, 5.74) is 10.4. The number of ether oxygens (including phenoxy) is 1. The van der Waals surface area contributed by atoms with Crippen LogP contribution < -0.4 is 11.5 Å². The molecule has 150 valence electrons. The van der Waals surface area contributed by atoms with Gasteiger partial charge in [-0.25, -0.2) is 4.98 Å². The zero-order valence-electron chi connectivity index (χ0n) is 14.9. The van der Waals surface area contributed by atoms with Crippen LogP contribution in [0.25, 0.3) is 11.3 Å². The highest BCUT2D eigenvalue weighted by atomic mass is 19.4. The van der Waals surface area contributed by atoms with E-state index in [-0.39, 0.29) is 18.0 Å². The summed E-state index contributed by atoms with van der Waals surface area (Å²) in [4.78, 5) is 17.2. The molecule has 1 amide bonds. The third-order valence-corrected chi connectivity index (χ3v) is 5.21. The van der Waals surface area contributed by atoms with Crippen LogP contribution in [0.2, 0.25) is 0 Å². The Hall–Kier alpha value is -2.66. The Morgan fingerprint density at radius 1 is 1.32 bits per heavy atom. The molecule has 1 spiro atoms. The number of amides is 1. The molecule has 0 saturated carbocycles. The molecule has 4 N–H and O–H groups in total. The number of anilines is 1. The molecule has 0 radical (unpaired) electrons. The lowest BCUT2D eigenvalue weighted by molar-refractivity contribution is -0.137. The van der Waals surface area contributed by atoms with Crippen LogP contribution in [0.15, 0.2) is 18.3 Å². The number of fused-ring (bicyclic) bond motifs is 2. The highest BCUT2D eigenvalue weighted by Crippen LogP contribution is 2.40. The quantitative estimate of drug-likeness (QED) is 0.782. The number of carbonyl (C=O) groups excluding carboxylic acids is 1. The highest BCUT2D eigenvalue weighted by molar-refractivity contribution is 5.78. The molecular weight excluding hydrogens is 377 g/mol. The van der Waals surface area contributed by atoms with Crippen LogP contribution in [0.1, 0.15) is 17.7 Å². The molecule has 0 bridgehead atoms. The minimum Gasteiger partial charge on any atom is -0.383 e. The van der Waals surface area contributed by atoms with Crippen molar-refractivity contribution in [3.63, 3.8) is 0 Å². The second-order valence-corrected chi connectivity index (χ2v) is 6.90. The molecule has 11 heteroatoms. The molecule has 1 atom stereocenters. The minimum atomic E-state index is -4.61. The predicted molar refractivity (Wildman–Crippen MR) is 92.8 cm³/mol. The fourth-order valence-corrected chi connectivity index (χ4v) is 3.79. The number of halogens is 3. The van der Waals surface area contributed by atoms with Crippen molar-refractivity contribution in [1.82, 2.24) is 19.7 Å². The first-order chi connectivity index (χ1) is 13.2. The van der Waals surface area contributed by atoms with Gasteiger partial charge in [0.25, 0.3) is 0 Å². The summed E-state index contributed by atoms with van der Waals surface area (Å²) in [6.45, 7) is 1.61. The highest BCUT2D eigenvalue weighted by Gasteiger charge is 2.46. The first-order valence-electron chi connectivity index (χ1n) is 8.77. The van der Waals surface area contributed by atoms with Crippen LogP contribution in [0.4, 0.5) is 19.0 Å². The number of likely N-dealkylation sites (tertiary alicyclic amines) is 1. The molecule has 0 aliphatic carbocycles. The summed E-state index contributed by atoms with van der Waals surface area (Å²) in [5.74, 6) is -0.748. The predicted octanol–water partition coefficient (Wildman–Crippen LogP) is 0.963. The molecule has 2 aliphatic rings. The lowest BCUT2D eigenvalue weighted by atomic mass is 9.96. The first-order valence-corrected chi connectivity index (χ1v) is 8.77. The van der Waals surface area contributed by atoms with Gasteiger partial charge in [0.2, 0.25) is 5.91 Å². The van der Waals surface area contributed by atoms with Crippen molar-refractivity contribution in [2.24, 2.45) is 5.73 Å². The van der Waals surface area contributed by atoms with Crippen molar-refractivity contribution in [3.8, 4) is 11.3 Å². The maximum atomic E-state index is 13.2. The van der Waals surface area contributed by atoms with Crippen molar-refractivity contribution in [3.05, 3.63) is 29.6 Å². The zero-order valence-corrected chi connectivity index (χ0v) is 14.9. The van der Waals surface area contributed by atoms with Gasteiger partial charge in [-0.3, -0.25) is 9.48 Å². The molecule has 1 unspecified atom stereocenters. The van der Waals surface area contributed by atoms with Crippen molar-refractivity contribution in [2.75, 3.05) is 32.0 Å². The van der Waals surface area contributed by atoms with E-state index in [0.717, 1.165) is 11.8 Å². The molecule has 2 aliphatic heterocycles. The average molecular weight is 396 g/mol. The Labute approximate surface area is 158 Å². The SMILES string of the molecule is NCC(=O)N1CCC2(C1)OCCn1nc(-c3cnc(N)c(C(F)(F)F)c3)cc12. The lowest BCUT2D eigenvalue weighted by Crippen LogP contribution is -2.43. The molecule has 2 aromatic rings. The Morgan fingerprint density at radius 3 is 2.82 bits per heavy atom. The van der Waals surface area contributed by atoms with Gasteiger partial charge in [-0.05, 0) is 12.1 Å². The van der Waals surface area contributed by atoms with Gasteiger partial charge >= 0.3 is 6.18 Å². The smallest absolute Gasteiger partial charge is 0.383 e. The second kappa shape index (κ2) is 6.45. The van der Waals surface area contributed by atoms with Gasteiger partial charge in [0.15, 0.2) is 0 Å². The number of nitrogens with zero attached hydrogens (tertiary/aromatic N) is 4. The van der Waals surface area contributed by atoms with E-state index >= 15 is 0 Å². The summed E-state index contributed by atoms with van der Waals surface area (Å²) >= 11 is 0. The van der Waals surface area contributed by atoms with Crippen LogP contribution in [0.3, 0.4) is 0 Å². The largest absolute Gasteiger partial charge is 0.419 e. The number of carbonyl (C=O) groups is 1. The van der Waals surface area contributed by atoms with E-state index in [9.17, 15) is 18.0 Å². The van der Waals surface area contributed by atoms with E-state index in [1.807, 2.05) is 0 Å². The minimum absolute atomic E-state index is 0.0854. The lowest BCUT2D eigenvalue weighted by Gasteiger charge is -2.34. The van der Waals surface area contributed by atoms with Crippen molar-refractivity contribution in [2.45, 2.75) is 24.7 Å². The molecule has 4 heterocycles. The third kappa shape index (κ3) is 3.00. The number of pyridine rings is 1. The fourth-order valence-electron chi connectivity index (χ4n) is 3.79. The van der Waals surface area contributed by atoms with Crippen LogP contribution in [-0.2, 0) is 27.9 Å². The second-order valence-electron chi connectivity index (χ2n) is 6.90. The summed E-state index contributed by atoms with van der Waals surface area (Å²) < 4.78 is 47.2. The van der Waals surface area contributed by atoms with E-state index in [1.165, 1.54) is 6.20 Å². The van der Waals surface area contributed by atoms with Gasteiger partial charge in [0, 0.05) is 24.7 Å². The summed E-state index contributed by atoms with van der Waals surface area (Å²) in [7, 11) is 0. The fraction of sp³-hybridized carbons (Fsp3) is 0.471. The normalized spacial score (nSPS) is 21.9. The van der Waals surface area contributed by atoms with E-state index < -0.39 is 23.2 Å². The van der Waals surface area contributed by atoms with Crippen molar-refractivity contribution < 1.29 is 22.7 Å². The van der Waals surface area contributed by atoms with Crippen LogP contribution >= 0.6 is 0 Å². The van der Waals surface area contributed by atoms with E-state index in [0.29, 0.717) is 38.4 Å². The van der Waals surface area contributed by atoms with Gasteiger partial charge in [0.1, 0.15) is 11.4 Å². The van der Waals surface area contributed by atoms with E-state index in [2.05, 4.69) is 10.1 Å². The number of hydrogen-bond donors (Lipinski definition) is 2. The topological polar surface area (TPSA) is 112 Å². The van der Waals surface area contributed by atoms with Gasteiger partial charge in [-0.1, -0.05) is 0 Å². The molecule has 1 fully saturated rings. The molecular formula is C17H19F3N6O2. The maximum Gasteiger partial charge on any atom is 0.419 e. The Morgan fingerprint density at radius 2 is 2.11 bits per heavy atom. The van der Waals surface area contributed by atoms with Crippen molar-refractivity contribution >= 4 is 11.7 Å². The average Bonchev–Trinajstić information content (AvgIpc) is 3.27. The Balaban J connectivity index is 1.71. The van der Waals surface area contributed by atoms with Crippen LogP contribution in [0, 0.1) is 0 Å². The molecule has 4 rings (SSSR count). The maximum absolute atomic E-state index is 13.2. The van der Waals surface area contributed by atoms with Gasteiger partial charge in [0.05, 0.1) is 43.2 Å². The number of hydrogen-bond acceptors (Lipinski definition) is 6. The van der Waals surface area contributed by atoms with Crippen LogP contribution in [0.5, 0.6) is 0 Å². The summed E-state index contributed by atoms with van der Waals surface area (Å²) in [6, 6.07) is 2.64. The molecule has 8 nitrogen and oxygen atoms in total. The summed E-state index contributed by atoms with van der Waals surface area (Å²) in [5, 5.41) is 4.44. The summed E-state index contributed by atoms with van der Waals surface area (Å²) in [6.07, 6.45) is -2.77. The number of aromatic nitrogens is 3. The van der Waals surface area contributed by atoms with Gasteiger partial charge < -0.3 is 21.1 Å². The molecule has 1 saturated heterocycles. The van der Waals surface area contributed by atoms with Crippen molar-refractivity contribution in [1.29, 1.82) is 0 Å². The Kier molecular flexibility index (Phi) is 4.31. The molecule has 28 heavy (non-hydrogen) atoms. The standard InChI is InChI=1S/C17H19F3N6O2/c18-17(19,20)11-5-10(8-23-15(11)22)12-6-13-16(28-4-3-26(13)24-12)1-2-25(9-16)14(27)7-21/h5-6,8H,1-4,7,9,21H2,(H2,22,23). The first kappa shape index (κ1) is 18.7. The number of nitrogen functional groups attached to an aromatic ring is 1. The monoisotopic (exact) mass is 396 g/mol. The van der Waals surface area contributed by atoms with E-state index in [4.69, 9.17) is 16.2 Å². The van der Waals surface area contributed by atoms with E-state index in [1.54, 1.807) is 15.6 Å². The zero-order chi connectivity index (χ0) is 20.1. The molecule has 2 aromatic heterocycles. The number of alkyl halides is 3. The number of nitrogens with two attached hydrogens (primary N) is 2. The Bertz CT molecular complexity index is 928. The molecule has 0 aromatic carbocycles. The van der Waals surface area contributed by atoms with Crippen LogP contribution in [-0.4, -0.2) is 51.8 Å². The van der Waals surface area contributed by atoms with Gasteiger partial charge in [-0.15, -0.1) is 0 Å². The van der Waals surface area contributed by atoms with Gasteiger partial charge in [-0.2, -0.15) is 18.3 Å². The third-order valence-electron chi connectivity index (χ3n) is 5.21.